The monoisotopic (exact) mass is 1040 g/mol. The molecule has 0 saturated heterocycles. The van der Waals surface area contributed by atoms with Crippen molar-refractivity contribution in [2.45, 2.75) is 384 Å². The van der Waals surface area contributed by atoms with Gasteiger partial charge in [0.25, 0.3) is 0 Å². The van der Waals surface area contributed by atoms with Gasteiger partial charge in [0, 0.05) is 15.1 Å². The summed E-state index contributed by atoms with van der Waals surface area (Å²) in [6.07, 6.45) is 43.5. The summed E-state index contributed by atoms with van der Waals surface area (Å²) in [7, 11) is 0. The second-order valence-corrected chi connectivity index (χ2v) is 31.4. The van der Waals surface area contributed by atoms with Crippen LogP contribution in [0.4, 0.5) is 0 Å². The lowest BCUT2D eigenvalue weighted by Crippen LogP contribution is -2.43. The molecule has 0 amide bonds. The third-order valence-corrected chi connectivity index (χ3v) is 18.5. The van der Waals surface area contributed by atoms with Gasteiger partial charge < -0.3 is 0 Å². The highest BCUT2D eigenvalue weighted by Gasteiger charge is 2.48. The second-order valence-electron chi connectivity index (χ2n) is 31.4. The third kappa shape index (κ3) is 37.5. The van der Waals surface area contributed by atoms with Crippen LogP contribution in [-0.4, -0.2) is 0 Å². The fourth-order valence-electron chi connectivity index (χ4n) is 13.7. The Morgan fingerprint density at radius 1 is 0.425 bits per heavy atom. The minimum absolute atomic E-state index is 0.0556. The molecule has 0 radical (unpaired) electrons. The molecule has 0 unspecified atom stereocenters. The van der Waals surface area contributed by atoms with Crippen LogP contribution in [0.15, 0.2) is 0 Å². The minimum atomic E-state index is -2.15. The summed E-state index contributed by atoms with van der Waals surface area (Å²) in [4.78, 5) is 0. The van der Waals surface area contributed by atoms with Crippen molar-refractivity contribution >= 4 is 0 Å². The maximum atomic E-state index is 7.63. The maximum absolute atomic E-state index is 7.63. The third-order valence-electron chi connectivity index (χ3n) is 18.5. The van der Waals surface area contributed by atoms with Crippen molar-refractivity contribution < 1.29 is 15.1 Å². The lowest BCUT2D eigenvalue weighted by molar-refractivity contribution is -0.0321. The highest BCUT2D eigenvalue weighted by molar-refractivity contribution is 4.99. The first-order valence-corrected chi connectivity index (χ1v) is 31.9. The molecule has 8 aliphatic carbocycles. The standard InChI is InChI=1S/C16H30.C14H26.C11H20.C7H14.C6H12.C6H14.C5H12.2C4H10/c1-13-6-8-16(9-7-13)11-14(2,3)10-15(4,5)12-16;1-12-4-6-14(7-5-12)10-8-13(2,3)9-11-14;1-10-4-8-11(9-5-10)6-2-3-7-11;1-7-5-3-2-4-6-7;1-6-4-2-3-5-6;1-5-6(2,3)4;1-4-5(2)3;2*1-4(2)3/h13H,6-12H2,1-5H3;12H,4-11H2,1-3H3;10H,2-9H2,1H3;7H,2-6H2,1H3;6H,2-5H2,1H3;5H2,1-4H3;5H,4H2,1-3H3;2*4H,1-3H3/i;;;7D;6D;5D2;4D2;1D3,4D;4D. The van der Waals surface area contributed by atoms with Gasteiger partial charge in [-0.15, -0.1) is 0 Å². The van der Waals surface area contributed by atoms with Gasteiger partial charge in [0.05, 0.1) is 0 Å². The van der Waals surface area contributed by atoms with Crippen LogP contribution in [0.2, 0.25) is 0 Å². The van der Waals surface area contributed by atoms with Crippen molar-refractivity contribution in [3.05, 3.63) is 0 Å². The normalized spacial score (nSPS) is 29.1. The molecule has 0 aromatic heterocycles. The molecule has 0 heterocycles. The quantitative estimate of drug-likeness (QED) is 0.246. The topological polar surface area (TPSA) is 0 Å². The molecule has 0 heteroatoms. The van der Waals surface area contributed by atoms with Crippen molar-refractivity contribution in [1.29, 1.82) is 0 Å². The highest BCUT2D eigenvalue weighted by atomic mass is 14.5. The van der Waals surface area contributed by atoms with Gasteiger partial charge in [0.2, 0.25) is 0 Å². The van der Waals surface area contributed by atoms with Gasteiger partial charge >= 0.3 is 0 Å². The zero-order chi connectivity index (χ0) is 65.9. The summed E-state index contributed by atoms with van der Waals surface area (Å²) in [6, 6.07) is 0. The molecule has 0 aromatic rings. The van der Waals surface area contributed by atoms with E-state index in [9.17, 15) is 0 Å². The van der Waals surface area contributed by atoms with Crippen molar-refractivity contribution in [2.75, 3.05) is 0 Å². The molecule has 0 aliphatic heterocycles. The van der Waals surface area contributed by atoms with E-state index in [1.165, 1.54) is 168 Å². The fraction of sp³-hybridized carbons (Fsp3) is 1.00. The molecule has 0 nitrogen and oxygen atoms in total. The largest absolute Gasteiger partial charge is 0.0651 e. The molecule has 8 saturated carbocycles. The predicted octanol–water partition coefficient (Wildman–Crippen LogP) is 26.6. The first-order chi connectivity index (χ1) is 37.4. The average molecular weight is 1040 g/mol. The molecule has 73 heavy (non-hydrogen) atoms. The zero-order valence-corrected chi connectivity index (χ0v) is 54.9. The smallest absolute Gasteiger partial charge is 0.0300 e. The minimum Gasteiger partial charge on any atom is -0.0651 e. The molecule has 440 valence electrons. The van der Waals surface area contributed by atoms with E-state index in [2.05, 4.69) is 62.3 Å². The molecule has 0 aromatic carbocycles. The van der Waals surface area contributed by atoms with E-state index in [0.29, 0.717) is 21.7 Å². The number of hydrogen-bond donors (Lipinski definition) is 0. The summed E-state index contributed by atoms with van der Waals surface area (Å²) in [5.41, 5.74) is 3.91. The van der Waals surface area contributed by atoms with E-state index < -0.39 is 25.5 Å². The molecule has 3 spiro atoms. The summed E-state index contributed by atoms with van der Waals surface area (Å²) < 4.78 is 77.9. The molecule has 0 N–H and O–H groups in total. The van der Waals surface area contributed by atoms with Crippen LogP contribution in [0.1, 0.15) is 399 Å². The molecule has 8 aliphatic rings. The van der Waals surface area contributed by atoms with Crippen LogP contribution in [-0.2, 0) is 0 Å². The fourth-order valence-corrected chi connectivity index (χ4v) is 13.7. The van der Waals surface area contributed by atoms with E-state index in [4.69, 9.17) is 15.1 Å². The lowest BCUT2D eigenvalue weighted by atomic mass is 9.51. The summed E-state index contributed by atoms with van der Waals surface area (Å²) >= 11 is 0. The van der Waals surface area contributed by atoms with Crippen LogP contribution < -0.4 is 0 Å². The van der Waals surface area contributed by atoms with Crippen LogP contribution in [0.25, 0.3) is 0 Å². The summed E-state index contributed by atoms with van der Waals surface area (Å²) in [6.45, 7) is 45.0. The maximum Gasteiger partial charge on any atom is 0.0300 e. The van der Waals surface area contributed by atoms with E-state index in [-0.39, 0.29) is 29.0 Å². The Hall–Kier alpha value is 0. The molecule has 8 fully saturated rings. The first-order valence-electron chi connectivity index (χ1n) is 37.4. The van der Waals surface area contributed by atoms with Crippen LogP contribution in [0, 0.1) is 85.2 Å². The Labute approximate surface area is 482 Å². The van der Waals surface area contributed by atoms with Gasteiger partial charge in [0.15, 0.2) is 0 Å². The molecule has 8 rings (SSSR count). The summed E-state index contributed by atoms with van der Waals surface area (Å²) in [5, 5.41) is 0. The van der Waals surface area contributed by atoms with Gasteiger partial charge in [-0.1, -0.05) is 288 Å². The Balaban J connectivity index is 0.000000944. The van der Waals surface area contributed by atoms with Gasteiger partial charge in [-0.2, -0.15) is 0 Å². The van der Waals surface area contributed by atoms with Crippen LogP contribution >= 0.6 is 0 Å². The highest BCUT2D eigenvalue weighted by Crippen LogP contribution is 2.60. The zero-order valence-electron chi connectivity index (χ0n) is 65.9. The van der Waals surface area contributed by atoms with Gasteiger partial charge in [-0.3, -0.25) is 0 Å². The Morgan fingerprint density at radius 3 is 0.945 bits per heavy atom. The van der Waals surface area contributed by atoms with Crippen molar-refractivity contribution in [2.24, 2.45) is 85.2 Å². The van der Waals surface area contributed by atoms with Gasteiger partial charge in [0.1, 0.15) is 0 Å². The molecule has 0 bridgehead atoms. The Kier molecular flexibility index (Phi) is 27.3. The van der Waals surface area contributed by atoms with Gasteiger partial charge in [-0.05, 0) is 181 Å². The Bertz CT molecular complexity index is 1620. The lowest BCUT2D eigenvalue weighted by Gasteiger charge is -2.54. The molecular weight excluding hydrogens is 877 g/mol. The Morgan fingerprint density at radius 2 is 0.699 bits per heavy atom. The molecular formula is C73H148. The van der Waals surface area contributed by atoms with E-state index in [0.717, 1.165) is 54.3 Å². The van der Waals surface area contributed by atoms with Crippen LogP contribution in [0.5, 0.6) is 0 Å². The number of hydrogen-bond acceptors (Lipinski definition) is 0. The predicted molar refractivity (Wildman–Crippen MR) is 338 cm³/mol. The molecule has 0 atom stereocenters. The van der Waals surface area contributed by atoms with E-state index in [1.807, 2.05) is 69.2 Å². The van der Waals surface area contributed by atoms with Gasteiger partial charge in [-0.25, -0.2) is 0 Å². The van der Waals surface area contributed by atoms with Crippen molar-refractivity contribution in [3.63, 3.8) is 0 Å². The van der Waals surface area contributed by atoms with E-state index >= 15 is 0 Å². The van der Waals surface area contributed by atoms with Crippen LogP contribution in [0.3, 0.4) is 0 Å². The van der Waals surface area contributed by atoms with E-state index in [1.54, 1.807) is 39.5 Å². The second kappa shape index (κ2) is 36.3. The first kappa shape index (κ1) is 54.9. The SMILES string of the molecule is CC1CCC2(CC1)CC(C)(C)CC(C)(C)C2.CC1CCC2(CC1)CCC(C)(C)CC2.CC1CCC2(CCCC2)CC1.[2H]C(C)(C)C.[2H]C([2H])(C)C(C)(C)C.[2H]C([2H])(C)C(C)C.[2H]C([2H])([2H])C([2H])(C)C.[2H]C1(C)CCCC1.[2H]C1(C)CCCCC1. The van der Waals surface area contributed by atoms with Crippen molar-refractivity contribution in [3.8, 4) is 0 Å². The average Bonchev–Trinajstić information content (AvgIpc) is 3.94. The summed E-state index contributed by atoms with van der Waals surface area (Å²) in [5.74, 6) is 1.47. The van der Waals surface area contributed by atoms with Crippen molar-refractivity contribution in [1.82, 2.24) is 0 Å². The number of rotatable bonds is 1.